The van der Waals surface area contributed by atoms with Crippen LogP contribution in [0.4, 0.5) is 0 Å². The van der Waals surface area contributed by atoms with Crippen LogP contribution in [0.5, 0.6) is 0 Å². The van der Waals surface area contributed by atoms with Crippen LogP contribution in [0.25, 0.3) is 0 Å². The summed E-state index contributed by atoms with van der Waals surface area (Å²) in [5, 5.41) is 3.62. The van der Waals surface area contributed by atoms with E-state index in [1.807, 2.05) is 0 Å². The van der Waals surface area contributed by atoms with Gasteiger partial charge in [0.05, 0.1) is 0 Å². The highest BCUT2D eigenvalue weighted by atomic mass is 15.2. The van der Waals surface area contributed by atoms with Gasteiger partial charge in [0.25, 0.3) is 0 Å². The minimum atomic E-state index is 0.578. The van der Waals surface area contributed by atoms with Crippen molar-refractivity contribution in [3.63, 3.8) is 0 Å². The lowest BCUT2D eigenvalue weighted by atomic mass is 9.85. The Morgan fingerprint density at radius 1 is 1.18 bits per heavy atom. The molecule has 0 aromatic heterocycles. The molecule has 1 heterocycles. The summed E-state index contributed by atoms with van der Waals surface area (Å²) in [5.41, 5.74) is 0.578. The average molecular weight is 238 g/mol. The van der Waals surface area contributed by atoms with Gasteiger partial charge >= 0.3 is 0 Å². The number of nitrogens with zero attached hydrogens (tertiary/aromatic N) is 1. The molecule has 2 nitrogen and oxygen atoms in total. The summed E-state index contributed by atoms with van der Waals surface area (Å²) < 4.78 is 0. The van der Waals surface area contributed by atoms with E-state index >= 15 is 0 Å². The monoisotopic (exact) mass is 238 g/mol. The van der Waals surface area contributed by atoms with Gasteiger partial charge in [0.1, 0.15) is 0 Å². The van der Waals surface area contributed by atoms with Crippen molar-refractivity contribution >= 4 is 0 Å². The van der Waals surface area contributed by atoms with Crippen LogP contribution in [-0.2, 0) is 0 Å². The van der Waals surface area contributed by atoms with Crippen molar-refractivity contribution in [2.24, 2.45) is 5.41 Å². The second-order valence-corrected chi connectivity index (χ2v) is 6.78. The molecule has 2 atom stereocenters. The Morgan fingerprint density at radius 2 is 2.00 bits per heavy atom. The summed E-state index contributed by atoms with van der Waals surface area (Å²) in [4.78, 5) is 2.78. The summed E-state index contributed by atoms with van der Waals surface area (Å²) in [6.07, 6.45) is 8.38. The van der Waals surface area contributed by atoms with E-state index in [0.29, 0.717) is 5.41 Å². The molecule has 0 aromatic rings. The van der Waals surface area contributed by atoms with Gasteiger partial charge in [0.2, 0.25) is 0 Å². The second-order valence-electron chi connectivity index (χ2n) is 6.78. The topological polar surface area (TPSA) is 15.3 Å². The molecule has 1 N–H and O–H groups in total. The van der Waals surface area contributed by atoms with Crippen molar-refractivity contribution in [3.8, 4) is 0 Å². The molecule has 2 heteroatoms. The molecule has 100 valence electrons. The first-order valence-electron chi connectivity index (χ1n) is 7.58. The zero-order chi connectivity index (χ0) is 12.3. The van der Waals surface area contributed by atoms with Gasteiger partial charge in [-0.15, -0.1) is 0 Å². The van der Waals surface area contributed by atoms with E-state index in [9.17, 15) is 0 Å². The Labute approximate surface area is 107 Å². The van der Waals surface area contributed by atoms with E-state index in [1.54, 1.807) is 0 Å². The molecule has 2 unspecified atom stereocenters. The molecule has 1 aliphatic heterocycles. The summed E-state index contributed by atoms with van der Waals surface area (Å²) in [6, 6.07) is 1.66. The fraction of sp³-hybridized carbons (Fsp3) is 1.00. The lowest BCUT2D eigenvalue weighted by molar-refractivity contribution is 0.194. The normalized spacial score (nSPS) is 34.8. The Morgan fingerprint density at radius 3 is 2.76 bits per heavy atom. The molecule has 0 aromatic carbocycles. The Balaban J connectivity index is 1.83. The Kier molecular flexibility index (Phi) is 4.48. The first-order valence-corrected chi connectivity index (χ1v) is 7.58. The zero-order valence-corrected chi connectivity index (χ0v) is 12.0. The average Bonchev–Trinajstić information content (AvgIpc) is 2.64. The molecule has 0 bridgehead atoms. The Bertz CT molecular complexity index is 237. The highest BCUT2D eigenvalue weighted by Crippen LogP contribution is 2.33. The molecule has 1 saturated carbocycles. The van der Waals surface area contributed by atoms with Crippen molar-refractivity contribution < 1.29 is 0 Å². The Hall–Kier alpha value is -0.0800. The first kappa shape index (κ1) is 13.4. The van der Waals surface area contributed by atoms with Crippen molar-refractivity contribution in [2.45, 2.75) is 71.4 Å². The number of hydrogen-bond acceptors (Lipinski definition) is 2. The predicted octanol–water partition coefficient (Wildman–Crippen LogP) is 3.03. The quantitative estimate of drug-likeness (QED) is 0.813. The minimum Gasteiger partial charge on any atom is -0.314 e. The number of nitrogens with one attached hydrogen (secondary N) is 1. The highest BCUT2D eigenvalue weighted by Gasteiger charge is 2.31. The van der Waals surface area contributed by atoms with Crippen LogP contribution in [0.2, 0.25) is 0 Å². The maximum atomic E-state index is 3.62. The minimum absolute atomic E-state index is 0.578. The molecule has 2 aliphatic rings. The van der Waals surface area contributed by atoms with Crippen molar-refractivity contribution in [1.29, 1.82) is 0 Å². The van der Waals surface area contributed by atoms with Gasteiger partial charge in [-0.3, -0.25) is 0 Å². The van der Waals surface area contributed by atoms with Crippen LogP contribution in [0, 0.1) is 5.41 Å². The van der Waals surface area contributed by atoms with Gasteiger partial charge in [-0.1, -0.05) is 20.8 Å². The summed E-state index contributed by atoms with van der Waals surface area (Å²) in [6.45, 7) is 10.9. The zero-order valence-electron chi connectivity index (χ0n) is 12.0. The van der Waals surface area contributed by atoms with Crippen molar-refractivity contribution in [3.05, 3.63) is 0 Å². The van der Waals surface area contributed by atoms with E-state index in [2.05, 4.69) is 31.0 Å². The third-order valence-electron chi connectivity index (χ3n) is 4.79. The summed E-state index contributed by atoms with van der Waals surface area (Å²) in [7, 11) is 0. The van der Waals surface area contributed by atoms with E-state index in [0.717, 1.165) is 18.6 Å². The smallest absolute Gasteiger partial charge is 0.0111 e. The molecular formula is C15H30N2. The predicted molar refractivity (Wildman–Crippen MR) is 74.3 cm³/mol. The number of likely N-dealkylation sites (tertiary alicyclic amines) is 1. The second kappa shape index (κ2) is 5.71. The molecule has 0 spiro atoms. The fourth-order valence-corrected chi connectivity index (χ4v) is 3.57. The summed E-state index contributed by atoms with van der Waals surface area (Å²) in [5.74, 6) is 0. The van der Waals surface area contributed by atoms with Crippen molar-refractivity contribution in [1.82, 2.24) is 10.2 Å². The third kappa shape index (κ3) is 3.69. The molecule has 0 radical (unpaired) electrons. The number of hydrogen-bond donors (Lipinski definition) is 1. The summed E-state index contributed by atoms with van der Waals surface area (Å²) >= 11 is 0. The maximum Gasteiger partial charge on any atom is 0.0111 e. The van der Waals surface area contributed by atoms with Gasteiger partial charge < -0.3 is 10.2 Å². The lowest BCUT2D eigenvalue weighted by Crippen LogP contribution is -2.36. The van der Waals surface area contributed by atoms with Gasteiger partial charge in [-0.25, -0.2) is 0 Å². The highest BCUT2D eigenvalue weighted by molar-refractivity contribution is 4.88. The lowest BCUT2D eigenvalue weighted by Gasteiger charge is -2.28. The van der Waals surface area contributed by atoms with Gasteiger partial charge in [-0.2, -0.15) is 0 Å². The van der Waals surface area contributed by atoms with Crippen LogP contribution in [-0.4, -0.2) is 36.6 Å². The molecular weight excluding hydrogens is 208 g/mol. The van der Waals surface area contributed by atoms with Gasteiger partial charge in [0, 0.05) is 12.1 Å². The molecule has 2 fully saturated rings. The molecule has 2 rings (SSSR count). The third-order valence-corrected chi connectivity index (χ3v) is 4.79. The standard InChI is InChI=1S/C15H30N2/c1-4-16-13-6-7-14(12-13)17-10-5-8-15(2,3)9-11-17/h13-14,16H,4-12H2,1-3H3. The number of rotatable bonds is 3. The van der Waals surface area contributed by atoms with Crippen LogP contribution in [0.15, 0.2) is 0 Å². The van der Waals surface area contributed by atoms with E-state index < -0.39 is 0 Å². The van der Waals surface area contributed by atoms with Crippen LogP contribution >= 0.6 is 0 Å². The molecule has 0 amide bonds. The van der Waals surface area contributed by atoms with E-state index in [1.165, 1.54) is 51.6 Å². The van der Waals surface area contributed by atoms with Crippen LogP contribution in [0.3, 0.4) is 0 Å². The van der Waals surface area contributed by atoms with Crippen LogP contribution in [0.1, 0.15) is 59.3 Å². The van der Waals surface area contributed by atoms with Gasteiger partial charge in [0.15, 0.2) is 0 Å². The van der Waals surface area contributed by atoms with Gasteiger partial charge in [-0.05, 0) is 63.6 Å². The molecule has 17 heavy (non-hydrogen) atoms. The maximum absolute atomic E-state index is 3.62. The molecule has 1 aliphatic carbocycles. The first-order chi connectivity index (χ1) is 8.11. The van der Waals surface area contributed by atoms with Crippen LogP contribution < -0.4 is 5.32 Å². The fourth-order valence-electron chi connectivity index (χ4n) is 3.57. The van der Waals surface area contributed by atoms with E-state index in [4.69, 9.17) is 0 Å². The van der Waals surface area contributed by atoms with Crippen molar-refractivity contribution in [2.75, 3.05) is 19.6 Å². The SMILES string of the molecule is CCNC1CCC(N2CCCC(C)(C)CC2)C1. The van der Waals surface area contributed by atoms with E-state index in [-0.39, 0.29) is 0 Å². The largest absolute Gasteiger partial charge is 0.314 e. The molecule has 1 saturated heterocycles.